The van der Waals surface area contributed by atoms with Gasteiger partial charge >= 0.3 is 0 Å². The summed E-state index contributed by atoms with van der Waals surface area (Å²) in [6.07, 6.45) is 7.70. The SMILES string of the molecule is Cc1cc(Nc2nc(-c3cnn(C)c3)cc3cc[nH]c(=O)c23)ccc1C1CCNCC1. The second kappa shape index (κ2) is 8.00. The van der Waals surface area contributed by atoms with E-state index < -0.39 is 0 Å². The maximum Gasteiger partial charge on any atom is 0.259 e. The smallest absolute Gasteiger partial charge is 0.259 e. The van der Waals surface area contributed by atoms with Crippen molar-refractivity contribution in [3.63, 3.8) is 0 Å². The van der Waals surface area contributed by atoms with E-state index in [0.29, 0.717) is 17.1 Å². The van der Waals surface area contributed by atoms with Crippen molar-refractivity contribution >= 4 is 22.3 Å². The summed E-state index contributed by atoms with van der Waals surface area (Å²) < 4.78 is 1.75. The number of aromatic nitrogens is 4. The number of nitrogens with zero attached hydrogens (tertiary/aromatic N) is 3. The summed E-state index contributed by atoms with van der Waals surface area (Å²) in [6, 6.07) is 10.3. The van der Waals surface area contributed by atoms with Gasteiger partial charge in [-0.3, -0.25) is 9.48 Å². The average molecular weight is 415 g/mol. The van der Waals surface area contributed by atoms with E-state index in [1.54, 1.807) is 17.1 Å². The Kier molecular flexibility index (Phi) is 5.03. The molecule has 1 fully saturated rings. The van der Waals surface area contributed by atoms with E-state index in [4.69, 9.17) is 4.98 Å². The lowest BCUT2D eigenvalue weighted by Crippen LogP contribution is -2.26. The molecule has 4 heterocycles. The highest BCUT2D eigenvalue weighted by Gasteiger charge is 2.18. The molecule has 3 aromatic heterocycles. The molecular formula is C24H26N6O. The standard InChI is InChI=1S/C24H26N6O/c1-15-11-19(3-4-20(15)16-5-8-25-9-6-16)28-23-22-17(7-10-26-24(22)31)12-21(29-23)18-13-27-30(2)14-18/h3-4,7,10-14,16,25H,5-6,8-9H2,1-2H3,(H,26,31)(H,28,29). The highest BCUT2D eigenvalue weighted by molar-refractivity contribution is 5.95. The third-order valence-electron chi connectivity index (χ3n) is 6.07. The molecule has 0 atom stereocenters. The van der Waals surface area contributed by atoms with Gasteiger partial charge < -0.3 is 15.6 Å². The van der Waals surface area contributed by atoms with Gasteiger partial charge in [0, 0.05) is 30.7 Å². The van der Waals surface area contributed by atoms with Gasteiger partial charge in [0.15, 0.2) is 0 Å². The van der Waals surface area contributed by atoms with Crippen LogP contribution >= 0.6 is 0 Å². The third-order valence-corrected chi connectivity index (χ3v) is 6.07. The molecule has 5 rings (SSSR count). The Morgan fingerprint density at radius 1 is 1.16 bits per heavy atom. The summed E-state index contributed by atoms with van der Waals surface area (Å²) in [4.78, 5) is 20.2. The number of pyridine rings is 2. The minimum atomic E-state index is -0.159. The molecule has 31 heavy (non-hydrogen) atoms. The van der Waals surface area contributed by atoms with E-state index in [9.17, 15) is 4.79 Å². The molecule has 1 aromatic carbocycles. The number of H-pyrrole nitrogens is 1. The monoisotopic (exact) mass is 414 g/mol. The first-order valence-electron chi connectivity index (χ1n) is 10.7. The molecule has 0 unspecified atom stereocenters. The molecule has 7 heteroatoms. The molecule has 1 saturated heterocycles. The summed E-state index contributed by atoms with van der Waals surface area (Å²) in [5.41, 5.74) is 5.12. The largest absolute Gasteiger partial charge is 0.340 e. The van der Waals surface area contributed by atoms with Gasteiger partial charge in [0.1, 0.15) is 5.82 Å². The van der Waals surface area contributed by atoms with E-state index in [0.717, 1.165) is 35.4 Å². The highest BCUT2D eigenvalue weighted by atomic mass is 16.1. The first kappa shape index (κ1) is 19.5. The van der Waals surface area contributed by atoms with Gasteiger partial charge in [-0.15, -0.1) is 0 Å². The molecular weight excluding hydrogens is 388 g/mol. The van der Waals surface area contributed by atoms with Gasteiger partial charge in [-0.2, -0.15) is 5.10 Å². The Morgan fingerprint density at radius 2 is 2.00 bits per heavy atom. The Hall–Kier alpha value is -3.45. The number of rotatable bonds is 4. The van der Waals surface area contributed by atoms with E-state index in [1.807, 2.05) is 25.4 Å². The van der Waals surface area contributed by atoms with E-state index >= 15 is 0 Å². The molecule has 158 valence electrons. The second-order valence-corrected chi connectivity index (χ2v) is 8.25. The van der Waals surface area contributed by atoms with E-state index in [-0.39, 0.29) is 5.56 Å². The number of piperidine rings is 1. The molecule has 1 aliphatic heterocycles. The fourth-order valence-corrected chi connectivity index (χ4v) is 4.49. The summed E-state index contributed by atoms with van der Waals surface area (Å²) in [7, 11) is 1.88. The Morgan fingerprint density at radius 3 is 2.74 bits per heavy atom. The maximum absolute atomic E-state index is 12.6. The lowest BCUT2D eigenvalue weighted by atomic mass is 9.87. The van der Waals surface area contributed by atoms with Crippen molar-refractivity contribution in [2.75, 3.05) is 18.4 Å². The van der Waals surface area contributed by atoms with Gasteiger partial charge in [-0.25, -0.2) is 4.98 Å². The van der Waals surface area contributed by atoms with Gasteiger partial charge in [-0.05, 0) is 79.6 Å². The zero-order valence-electron chi connectivity index (χ0n) is 17.8. The van der Waals surface area contributed by atoms with Crippen LogP contribution in [0.15, 0.2) is 53.7 Å². The predicted octanol–water partition coefficient (Wildman–Crippen LogP) is 3.84. The molecule has 4 aromatic rings. The Bertz CT molecular complexity index is 1300. The van der Waals surface area contributed by atoms with Gasteiger partial charge in [0.05, 0.1) is 17.3 Å². The minimum Gasteiger partial charge on any atom is -0.340 e. The number of aromatic amines is 1. The number of hydrogen-bond acceptors (Lipinski definition) is 5. The van der Waals surface area contributed by atoms with Crippen LogP contribution in [0.25, 0.3) is 22.0 Å². The number of aryl methyl sites for hydroxylation is 2. The number of hydrogen-bond donors (Lipinski definition) is 3. The number of fused-ring (bicyclic) bond motifs is 1. The lowest BCUT2D eigenvalue weighted by molar-refractivity contribution is 0.459. The topological polar surface area (TPSA) is 87.6 Å². The first-order valence-corrected chi connectivity index (χ1v) is 10.7. The summed E-state index contributed by atoms with van der Waals surface area (Å²) in [6.45, 7) is 4.31. The summed E-state index contributed by atoms with van der Waals surface area (Å²) >= 11 is 0. The van der Waals surface area contributed by atoms with Crippen molar-refractivity contribution < 1.29 is 0 Å². The Balaban J connectivity index is 1.55. The molecule has 0 aliphatic carbocycles. The van der Waals surface area contributed by atoms with Gasteiger partial charge in [-0.1, -0.05) is 6.07 Å². The van der Waals surface area contributed by atoms with Crippen LogP contribution in [-0.4, -0.2) is 32.8 Å². The lowest BCUT2D eigenvalue weighted by Gasteiger charge is -2.25. The van der Waals surface area contributed by atoms with Crippen LogP contribution in [0.3, 0.4) is 0 Å². The van der Waals surface area contributed by atoms with Crippen molar-refractivity contribution in [3.05, 3.63) is 70.4 Å². The molecule has 0 bridgehead atoms. The van der Waals surface area contributed by atoms with Crippen molar-refractivity contribution in [2.45, 2.75) is 25.7 Å². The molecule has 1 aliphatic rings. The minimum absolute atomic E-state index is 0.159. The first-order chi connectivity index (χ1) is 15.1. The fourth-order valence-electron chi connectivity index (χ4n) is 4.49. The molecule has 0 amide bonds. The maximum atomic E-state index is 12.6. The zero-order valence-corrected chi connectivity index (χ0v) is 17.8. The number of anilines is 2. The number of nitrogens with one attached hydrogen (secondary N) is 3. The second-order valence-electron chi connectivity index (χ2n) is 8.25. The van der Waals surface area contributed by atoms with E-state index in [1.165, 1.54) is 24.0 Å². The van der Waals surface area contributed by atoms with Crippen molar-refractivity contribution in [1.29, 1.82) is 0 Å². The molecule has 3 N–H and O–H groups in total. The van der Waals surface area contributed by atoms with Crippen LogP contribution < -0.4 is 16.2 Å². The zero-order chi connectivity index (χ0) is 21.4. The number of benzene rings is 1. The summed E-state index contributed by atoms with van der Waals surface area (Å²) in [5.74, 6) is 1.15. The van der Waals surface area contributed by atoms with Crippen molar-refractivity contribution in [1.82, 2.24) is 25.1 Å². The van der Waals surface area contributed by atoms with Crippen molar-refractivity contribution in [2.24, 2.45) is 7.05 Å². The van der Waals surface area contributed by atoms with Crippen LogP contribution in [0, 0.1) is 6.92 Å². The predicted molar refractivity (Wildman–Crippen MR) is 124 cm³/mol. The average Bonchev–Trinajstić information content (AvgIpc) is 3.21. The van der Waals surface area contributed by atoms with E-state index in [2.05, 4.69) is 45.8 Å². The van der Waals surface area contributed by atoms with Crippen LogP contribution in [0.5, 0.6) is 0 Å². The molecule has 7 nitrogen and oxygen atoms in total. The molecule has 0 radical (unpaired) electrons. The molecule has 0 saturated carbocycles. The van der Waals surface area contributed by atoms with Gasteiger partial charge in [0.25, 0.3) is 5.56 Å². The van der Waals surface area contributed by atoms with Crippen LogP contribution in [0.1, 0.15) is 29.9 Å². The van der Waals surface area contributed by atoms with Crippen molar-refractivity contribution in [3.8, 4) is 11.3 Å². The quantitative estimate of drug-likeness (QED) is 0.472. The summed E-state index contributed by atoms with van der Waals surface area (Å²) in [5, 5.41) is 12.5. The highest BCUT2D eigenvalue weighted by Crippen LogP contribution is 2.32. The molecule has 0 spiro atoms. The van der Waals surface area contributed by atoms with Gasteiger partial charge in [0.2, 0.25) is 0 Å². The Labute approximate surface area is 180 Å². The van der Waals surface area contributed by atoms with Crippen LogP contribution in [0.2, 0.25) is 0 Å². The van der Waals surface area contributed by atoms with Crippen LogP contribution in [-0.2, 0) is 7.05 Å². The fraction of sp³-hybridized carbons (Fsp3) is 0.292. The normalized spacial score (nSPS) is 14.8. The van der Waals surface area contributed by atoms with Crippen LogP contribution in [0.4, 0.5) is 11.5 Å². The third kappa shape index (κ3) is 3.84.